The summed E-state index contributed by atoms with van der Waals surface area (Å²) >= 11 is 0. The van der Waals surface area contributed by atoms with Crippen molar-refractivity contribution in [2.45, 2.75) is 27.2 Å². The molecule has 0 saturated heterocycles. The highest BCUT2D eigenvalue weighted by atomic mass is 14.9. The van der Waals surface area contributed by atoms with Gasteiger partial charge in [0.2, 0.25) is 0 Å². The number of nitrogens with two attached hydrogens (primary N) is 1. The van der Waals surface area contributed by atoms with Gasteiger partial charge in [0.05, 0.1) is 11.9 Å². The van der Waals surface area contributed by atoms with E-state index in [1.54, 1.807) is 12.4 Å². The zero-order valence-corrected chi connectivity index (χ0v) is 8.99. The van der Waals surface area contributed by atoms with Gasteiger partial charge in [0.25, 0.3) is 0 Å². The minimum Gasteiger partial charge on any atom is -0.387 e. The van der Waals surface area contributed by atoms with Crippen molar-refractivity contribution in [3.05, 3.63) is 24.5 Å². The number of rotatable bonds is 3. The summed E-state index contributed by atoms with van der Waals surface area (Å²) in [6.45, 7) is 6.27. The summed E-state index contributed by atoms with van der Waals surface area (Å²) < 4.78 is 0. The number of aliphatic imine (C=N–C) groups is 1. The second-order valence-corrected chi connectivity index (χ2v) is 3.95. The van der Waals surface area contributed by atoms with E-state index in [1.807, 2.05) is 12.1 Å². The topological polar surface area (TPSA) is 51.3 Å². The molecule has 2 N–H and O–H groups in total. The van der Waals surface area contributed by atoms with Crippen LogP contribution in [0.15, 0.2) is 29.5 Å². The highest BCUT2D eigenvalue weighted by Crippen LogP contribution is 2.21. The van der Waals surface area contributed by atoms with Crippen molar-refractivity contribution in [2.75, 3.05) is 0 Å². The van der Waals surface area contributed by atoms with E-state index in [-0.39, 0.29) is 5.41 Å². The quantitative estimate of drug-likeness (QED) is 0.589. The summed E-state index contributed by atoms with van der Waals surface area (Å²) in [4.78, 5) is 8.32. The maximum absolute atomic E-state index is 5.92. The Balaban J connectivity index is 2.89. The van der Waals surface area contributed by atoms with Crippen LogP contribution < -0.4 is 5.73 Å². The van der Waals surface area contributed by atoms with Crippen molar-refractivity contribution in [3.8, 4) is 0 Å². The lowest BCUT2D eigenvalue weighted by Crippen LogP contribution is -2.30. The molecule has 0 fully saturated rings. The van der Waals surface area contributed by atoms with Crippen LogP contribution in [0.3, 0.4) is 0 Å². The van der Waals surface area contributed by atoms with Crippen LogP contribution in [0.4, 0.5) is 5.69 Å². The van der Waals surface area contributed by atoms with Crippen molar-refractivity contribution in [1.82, 2.24) is 4.98 Å². The molecule has 1 rings (SSSR count). The molecule has 0 atom stereocenters. The van der Waals surface area contributed by atoms with E-state index < -0.39 is 0 Å². The zero-order valence-electron chi connectivity index (χ0n) is 8.99. The predicted octanol–water partition coefficient (Wildman–Crippen LogP) is 2.51. The van der Waals surface area contributed by atoms with Crippen molar-refractivity contribution in [1.29, 1.82) is 0 Å². The van der Waals surface area contributed by atoms with E-state index >= 15 is 0 Å². The summed E-state index contributed by atoms with van der Waals surface area (Å²) in [5.74, 6) is 0.660. The number of hydrogen-bond acceptors (Lipinski definition) is 2. The summed E-state index contributed by atoms with van der Waals surface area (Å²) in [6, 6.07) is 3.75. The number of aromatic nitrogens is 1. The third kappa shape index (κ3) is 2.55. The molecule has 0 unspecified atom stereocenters. The lowest BCUT2D eigenvalue weighted by atomic mass is 9.89. The Bertz CT molecular complexity index is 315. The van der Waals surface area contributed by atoms with E-state index in [0.29, 0.717) is 5.84 Å². The third-order valence-electron chi connectivity index (χ3n) is 2.47. The van der Waals surface area contributed by atoms with Crippen LogP contribution in [-0.4, -0.2) is 10.8 Å². The molecule has 1 aromatic rings. The van der Waals surface area contributed by atoms with Crippen LogP contribution in [0.5, 0.6) is 0 Å². The maximum Gasteiger partial charge on any atom is 0.105 e. The second-order valence-electron chi connectivity index (χ2n) is 3.95. The van der Waals surface area contributed by atoms with Gasteiger partial charge >= 0.3 is 0 Å². The van der Waals surface area contributed by atoms with Crippen LogP contribution in [0.25, 0.3) is 0 Å². The molecule has 76 valence electrons. The minimum absolute atomic E-state index is 0.0458. The maximum atomic E-state index is 5.92. The van der Waals surface area contributed by atoms with Crippen molar-refractivity contribution in [2.24, 2.45) is 16.1 Å². The number of hydrogen-bond donors (Lipinski definition) is 1. The lowest BCUT2D eigenvalue weighted by molar-refractivity contribution is 0.498. The van der Waals surface area contributed by atoms with E-state index in [1.165, 1.54) is 0 Å². The normalized spacial score (nSPS) is 12.9. The molecule has 0 amide bonds. The Morgan fingerprint density at radius 3 is 2.79 bits per heavy atom. The van der Waals surface area contributed by atoms with Gasteiger partial charge in [-0.25, -0.2) is 4.99 Å². The molecule has 0 saturated carbocycles. The first-order valence-electron chi connectivity index (χ1n) is 4.81. The average Bonchev–Trinajstić information content (AvgIpc) is 2.19. The first-order chi connectivity index (χ1) is 6.56. The smallest absolute Gasteiger partial charge is 0.105 e. The fourth-order valence-corrected chi connectivity index (χ4v) is 0.891. The van der Waals surface area contributed by atoms with Gasteiger partial charge in [-0.05, 0) is 18.6 Å². The molecule has 0 aromatic carbocycles. The highest BCUT2D eigenvalue weighted by Gasteiger charge is 2.19. The zero-order chi connectivity index (χ0) is 10.6. The van der Waals surface area contributed by atoms with E-state index in [4.69, 9.17) is 5.73 Å². The molecule has 1 aromatic heterocycles. The van der Waals surface area contributed by atoms with Crippen LogP contribution in [0.2, 0.25) is 0 Å². The molecular weight excluding hydrogens is 174 g/mol. The van der Waals surface area contributed by atoms with Crippen molar-refractivity contribution >= 4 is 11.5 Å². The monoisotopic (exact) mass is 191 g/mol. The molecule has 0 spiro atoms. The number of pyridine rings is 1. The molecule has 1 heterocycles. The van der Waals surface area contributed by atoms with Gasteiger partial charge in [0.1, 0.15) is 5.84 Å². The molecule has 3 heteroatoms. The Labute approximate surface area is 85.1 Å². The first-order valence-corrected chi connectivity index (χ1v) is 4.81. The highest BCUT2D eigenvalue weighted by molar-refractivity contribution is 5.87. The van der Waals surface area contributed by atoms with Crippen LogP contribution in [0.1, 0.15) is 27.2 Å². The van der Waals surface area contributed by atoms with E-state index in [0.717, 1.165) is 12.1 Å². The van der Waals surface area contributed by atoms with Gasteiger partial charge in [-0.2, -0.15) is 0 Å². The van der Waals surface area contributed by atoms with E-state index in [2.05, 4.69) is 30.7 Å². The fourth-order valence-electron chi connectivity index (χ4n) is 0.891. The number of nitrogens with zero attached hydrogens (tertiary/aromatic N) is 2. The summed E-state index contributed by atoms with van der Waals surface area (Å²) in [5, 5.41) is 0. The first kappa shape index (κ1) is 10.7. The minimum atomic E-state index is -0.0458. The molecule has 14 heavy (non-hydrogen) atoms. The van der Waals surface area contributed by atoms with Gasteiger partial charge in [-0.1, -0.05) is 20.8 Å². The van der Waals surface area contributed by atoms with Gasteiger partial charge in [0, 0.05) is 11.6 Å². The Kier molecular flexibility index (Phi) is 3.23. The number of amidine groups is 1. The summed E-state index contributed by atoms with van der Waals surface area (Å²) in [5.41, 5.74) is 6.68. The van der Waals surface area contributed by atoms with E-state index in [9.17, 15) is 0 Å². The largest absolute Gasteiger partial charge is 0.387 e. The van der Waals surface area contributed by atoms with Gasteiger partial charge in [0.15, 0.2) is 0 Å². The Morgan fingerprint density at radius 1 is 1.57 bits per heavy atom. The molecule has 3 nitrogen and oxygen atoms in total. The van der Waals surface area contributed by atoms with Crippen molar-refractivity contribution < 1.29 is 0 Å². The van der Waals surface area contributed by atoms with Gasteiger partial charge < -0.3 is 5.73 Å². The fraction of sp³-hybridized carbons (Fsp3) is 0.455. The van der Waals surface area contributed by atoms with Crippen LogP contribution >= 0.6 is 0 Å². The standard InChI is InChI=1S/C11H17N3/c1-4-11(2,3)10(12)14-9-6-5-7-13-8-9/h5-8H,4H2,1-3H3,(H2,12,14). The Morgan fingerprint density at radius 2 is 2.29 bits per heavy atom. The summed E-state index contributed by atoms with van der Waals surface area (Å²) in [7, 11) is 0. The molecule has 0 aliphatic heterocycles. The molecule has 0 bridgehead atoms. The van der Waals surface area contributed by atoms with Crippen molar-refractivity contribution in [3.63, 3.8) is 0 Å². The third-order valence-corrected chi connectivity index (χ3v) is 2.47. The van der Waals surface area contributed by atoms with Crippen LogP contribution in [0, 0.1) is 5.41 Å². The molecule has 0 radical (unpaired) electrons. The second kappa shape index (κ2) is 4.22. The molecule has 0 aliphatic rings. The lowest BCUT2D eigenvalue weighted by Gasteiger charge is -2.21. The molecular formula is C11H17N3. The summed E-state index contributed by atoms with van der Waals surface area (Å²) in [6.07, 6.45) is 4.40. The van der Waals surface area contributed by atoms with Gasteiger partial charge in [-0.3, -0.25) is 4.98 Å². The van der Waals surface area contributed by atoms with Gasteiger partial charge in [-0.15, -0.1) is 0 Å². The van der Waals surface area contributed by atoms with Crippen LogP contribution in [-0.2, 0) is 0 Å². The predicted molar refractivity (Wildman–Crippen MR) is 59.6 cm³/mol. The SMILES string of the molecule is CCC(C)(C)C(N)=Nc1cccnc1. The molecule has 0 aliphatic carbocycles. The Hall–Kier alpha value is -1.38. The average molecular weight is 191 g/mol.